The van der Waals surface area contributed by atoms with Gasteiger partial charge in [0.05, 0.1) is 7.11 Å². The largest absolute Gasteiger partial charge is 0.497 e. The maximum absolute atomic E-state index is 12.3. The summed E-state index contributed by atoms with van der Waals surface area (Å²) in [5, 5.41) is 0. The summed E-state index contributed by atoms with van der Waals surface area (Å²) in [7, 11) is 1.53. The molecule has 0 fully saturated rings. The highest BCUT2D eigenvalue weighted by Crippen LogP contribution is 2.29. The summed E-state index contributed by atoms with van der Waals surface area (Å²) in [5.74, 6) is 0.344. The molecule has 0 saturated heterocycles. The van der Waals surface area contributed by atoms with Gasteiger partial charge in [0.2, 0.25) is 0 Å². The second-order valence-electron chi connectivity index (χ2n) is 4.12. The fourth-order valence-electron chi connectivity index (χ4n) is 2.21. The fraction of sp³-hybridized carbons (Fsp3) is 0.0667. The van der Waals surface area contributed by atoms with Gasteiger partial charge in [-0.15, -0.1) is 0 Å². The zero-order valence-electron chi connectivity index (χ0n) is 9.77. The predicted molar refractivity (Wildman–Crippen MR) is 66.3 cm³/mol. The molecular formula is C15H10O3. The molecular weight excluding hydrogens is 228 g/mol. The highest BCUT2D eigenvalue weighted by molar-refractivity contribution is 6.28. The van der Waals surface area contributed by atoms with Gasteiger partial charge in [-0.1, -0.05) is 24.3 Å². The van der Waals surface area contributed by atoms with Gasteiger partial charge in [0.1, 0.15) is 5.75 Å². The molecule has 0 saturated carbocycles. The van der Waals surface area contributed by atoms with Crippen LogP contribution in [0.1, 0.15) is 31.8 Å². The molecule has 0 aliphatic heterocycles. The molecule has 0 heterocycles. The van der Waals surface area contributed by atoms with Crippen LogP contribution in [0.15, 0.2) is 42.5 Å². The number of ether oxygens (including phenoxy) is 1. The molecule has 3 heteroatoms. The maximum atomic E-state index is 12.3. The average Bonchev–Trinajstić information content (AvgIpc) is 2.44. The van der Waals surface area contributed by atoms with E-state index < -0.39 is 0 Å². The van der Waals surface area contributed by atoms with E-state index >= 15 is 0 Å². The SMILES string of the molecule is COc1ccc2c(c1)C(=O)c1ccccc1C2=O. The quantitative estimate of drug-likeness (QED) is 0.654. The van der Waals surface area contributed by atoms with Gasteiger partial charge in [0, 0.05) is 22.3 Å². The van der Waals surface area contributed by atoms with Crippen LogP contribution in [0.2, 0.25) is 0 Å². The summed E-state index contributed by atoms with van der Waals surface area (Å²) < 4.78 is 5.09. The first-order valence-corrected chi connectivity index (χ1v) is 5.59. The molecule has 2 aromatic carbocycles. The molecule has 1 aliphatic rings. The normalized spacial score (nSPS) is 12.9. The Balaban J connectivity index is 2.27. The summed E-state index contributed by atoms with van der Waals surface area (Å²) in [5.41, 5.74) is 1.79. The molecule has 88 valence electrons. The lowest BCUT2D eigenvalue weighted by molar-refractivity contribution is 0.0979. The van der Waals surface area contributed by atoms with E-state index in [4.69, 9.17) is 4.74 Å². The Morgan fingerprint density at radius 2 is 1.33 bits per heavy atom. The number of carbonyl (C=O) groups excluding carboxylic acids is 2. The van der Waals surface area contributed by atoms with Crippen LogP contribution in [0, 0.1) is 0 Å². The minimum Gasteiger partial charge on any atom is -0.497 e. The van der Waals surface area contributed by atoms with E-state index in [1.54, 1.807) is 42.5 Å². The molecule has 0 unspecified atom stereocenters. The van der Waals surface area contributed by atoms with E-state index in [0.717, 1.165) is 0 Å². The fourth-order valence-corrected chi connectivity index (χ4v) is 2.21. The molecule has 3 nitrogen and oxygen atoms in total. The van der Waals surface area contributed by atoms with Crippen LogP contribution >= 0.6 is 0 Å². The number of methoxy groups -OCH3 is 1. The van der Waals surface area contributed by atoms with E-state index in [0.29, 0.717) is 28.0 Å². The zero-order chi connectivity index (χ0) is 12.7. The van der Waals surface area contributed by atoms with Gasteiger partial charge >= 0.3 is 0 Å². The van der Waals surface area contributed by atoms with Crippen molar-refractivity contribution < 1.29 is 14.3 Å². The van der Waals surface area contributed by atoms with Crippen molar-refractivity contribution in [1.82, 2.24) is 0 Å². The minimum atomic E-state index is -0.126. The van der Waals surface area contributed by atoms with E-state index in [9.17, 15) is 9.59 Å². The second kappa shape index (κ2) is 3.81. The number of hydrogen-bond donors (Lipinski definition) is 0. The first-order chi connectivity index (χ1) is 8.72. The van der Waals surface area contributed by atoms with Crippen molar-refractivity contribution in [3.05, 3.63) is 64.7 Å². The molecule has 3 rings (SSSR count). The van der Waals surface area contributed by atoms with Gasteiger partial charge in [-0.3, -0.25) is 9.59 Å². The zero-order valence-corrected chi connectivity index (χ0v) is 9.77. The Morgan fingerprint density at radius 3 is 1.94 bits per heavy atom. The molecule has 0 amide bonds. The monoisotopic (exact) mass is 238 g/mol. The lowest BCUT2D eigenvalue weighted by atomic mass is 9.84. The highest BCUT2D eigenvalue weighted by atomic mass is 16.5. The van der Waals surface area contributed by atoms with Crippen molar-refractivity contribution in [2.24, 2.45) is 0 Å². The second-order valence-corrected chi connectivity index (χ2v) is 4.12. The Labute approximate surface area is 104 Å². The van der Waals surface area contributed by atoms with Crippen molar-refractivity contribution in [2.45, 2.75) is 0 Å². The molecule has 0 atom stereocenters. The van der Waals surface area contributed by atoms with Crippen LogP contribution < -0.4 is 4.74 Å². The van der Waals surface area contributed by atoms with Gasteiger partial charge in [0.15, 0.2) is 11.6 Å². The number of rotatable bonds is 1. The summed E-state index contributed by atoms with van der Waals surface area (Å²) in [6, 6.07) is 11.8. The third-order valence-corrected chi connectivity index (χ3v) is 3.13. The van der Waals surface area contributed by atoms with Gasteiger partial charge in [-0.2, -0.15) is 0 Å². The van der Waals surface area contributed by atoms with Crippen LogP contribution in [0.5, 0.6) is 5.75 Å². The molecule has 18 heavy (non-hydrogen) atoms. The van der Waals surface area contributed by atoms with Gasteiger partial charge < -0.3 is 4.74 Å². The summed E-state index contributed by atoms with van der Waals surface area (Å²) >= 11 is 0. The third-order valence-electron chi connectivity index (χ3n) is 3.13. The van der Waals surface area contributed by atoms with Crippen molar-refractivity contribution in [1.29, 1.82) is 0 Å². The minimum absolute atomic E-state index is 0.108. The van der Waals surface area contributed by atoms with Crippen LogP contribution in [0.25, 0.3) is 0 Å². The molecule has 0 N–H and O–H groups in total. The summed E-state index contributed by atoms with van der Waals surface area (Å²) in [4.78, 5) is 24.6. The lowest BCUT2D eigenvalue weighted by Gasteiger charge is -2.17. The summed E-state index contributed by atoms with van der Waals surface area (Å²) in [6.07, 6.45) is 0. The lowest BCUT2D eigenvalue weighted by Crippen LogP contribution is -2.20. The van der Waals surface area contributed by atoms with Gasteiger partial charge in [-0.25, -0.2) is 0 Å². The molecule has 2 aromatic rings. The number of ketones is 2. The van der Waals surface area contributed by atoms with Crippen LogP contribution in [0.3, 0.4) is 0 Å². The maximum Gasteiger partial charge on any atom is 0.194 e. The van der Waals surface area contributed by atoms with E-state index in [1.807, 2.05) is 0 Å². The number of fused-ring (bicyclic) bond motifs is 2. The van der Waals surface area contributed by atoms with Crippen LogP contribution in [-0.4, -0.2) is 18.7 Å². The molecule has 1 aliphatic carbocycles. The van der Waals surface area contributed by atoms with Crippen molar-refractivity contribution in [3.63, 3.8) is 0 Å². The Bertz CT molecular complexity index is 671. The average molecular weight is 238 g/mol. The summed E-state index contributed by atoms with van der Waals surface area (Å²) in [6.45, 7) is 0. The molecule has 0 aromatic heterocycles. The standard InChI is InChI=1S/C15H10O3/c1-18-9-6-7-12-13(8-9)15(17)11-5-3-2-4-10(11)14(12)16/h2-8H,1H3. The Morgan fingerprint density at radius 1 is 0.778 bits per heavy atom. The predicted octanol–water partition coefficient (Wildman–Crippen LogP) is 2.47. The molecule has 0 spiro atoms. The van der Waals surface area contributed by atoms with Crippen LogP contribution in [0.4, 0.5) is 0 Å². The molecule has 0 radical (unpaired) electrons. The number of carbonyl (C=O) groups is 2. The van der Waals surface area contributed by atoms with Crippen molar-refractivity contribution in [2.75, 3.05) is 7.11 Å². The number of hydrogen-bond acceptors (Lipinski definition) is 3. The Kier molecular flexibility index (Phi) is 2.27. The first kappa shape index (κ1) is 10.7. The van der Waals surface area contributed by atoms with Gasteiger partial charge in [0.25, 0.3) is 0 Å². The van der Waals surface area contributed by atoms with Crippen LogP contribution in [-0.2, 0) is 0 Å². The van der Waals surface area contributed by atoms with E-state index in [2.05, 4.69) is 0 Å². The van der Waals surface area contributed by atoms with Gasteiger partial charge in [-0.05, 0) is 18.2 Å². The van der Waals surface area contributed by atoms with E-state index in [1.165, 1.54) is 7.11 Å². The number of benzene rings is 2. The molecule has 0 bridgehead atoms. The third kappa shape index (κ3) is 1.37. The van der Waals surface area contributed by atoms with E-state index in [-0.39, 0.29) is 11.6 Å². The first-order valence-electron chi connectivity index (χ1n) is 5.59. The highest BCUT2D eigenvalue weighted by Gasteiger charge is 2.29. The Hall–Kier alpha value is -2.42. The smallest absolute Gasteiger partial charge is 0.194 e. The van der Waals surface area contributed by atoms with Crippen molar-refractivity contribution >= 4 is 11.6 Å². The topological polar surface area (TPSA) is 43.4 Å². The van der Waals surface area contributed by atoms with Crippen molar-refractivity contribution in [3.8, 4) is 5.75 Å².